The average Bonchev–Trinajstić information content (AvgIpc) is 2.32. The maximum Gasteiger partial charge on any atom is 0.198 e. The third kappa shape index (κ3) is 1.19. The van der Waals surface area contributed by atoms with Crippen LogP contribution in [0.1, 0.15) is 35.4 Å². The highest BCUT2D eigenvalue weighted by molar-refractivity contribution is 5.93. The number of hydrogen-bond donors (Lipinski definition) is 0. The smallest absolute Gasteiger partial charge is 0.198 e. The van der Waals surface area contributed by atoms with Gasteiger partial charge in [-0.05, 0) is 19.8 Å². The number of carbonyl (C=O) groups is 1. The number of rotatable bonds is 0. The standard InChI is InChI=1S/C10H14N2O/c1-6-4-9(13)10-11-7(2)8(3)12(10)5-6/h6H,4-5H2,1-3H3. The van der Waals surface area contributed by atoms with Gasteiger partial charge in [0.15, 0.2) is 11.6 Å². The van der Waals surface area contributed by atoms with Crippen molar-refractivity contribution in [2.24, 2.45) is 5.92 Å². The van der Waals surface area contributed by atoms with Gasteiger partial charge in [0.2, 0.25) is 0 Å². The fraction of sp³-hybridized carbons (Fsp3) is 0.600. The van der Waals surface area contributed by atoms with Gasteiger partial charge in [-0.2, -0.15) is 0 Å². The minimum atomic E-state index is 0.190. The van der Waals surface area contributed by atoms with Gasteiger partial charge in [-0.1, -0.05) is 6.92 Å². The second-order valence-electron chi connectivity index (χ2n) is 3.95. The first-order valence-corrected chi connectivity index (χ1v) is 4.66. The molecule has 1 aliphatic rings. The number of imidazole rings is 1. The Balaban J connectivity index is 2.55. The minimum absolute atomic E-state index is 0.190. The van der Waals surface area contributed by atoms with Crippen LogP contribution in [-0.4, -0.2) is 15.3 Å². The average molecular weight is 178 g/mol. The lowest BCUT2D eigenvalue weighted by molar-refractivity contribution is 0.0922. The van der Waals surface area contributed by atoms with Gasteiger partial charge in [-0.15, -0.1) is 0 Å². The molecule has 0 radical (unpaired) electrons. The number of fused-ring (bicyclic) bond motifs is 1. The van der Waals surface area contributed by atoms with Crippen LogP contribution in [0.15, 0.2) is 0 Å². The fourth-order valence-corrected chi connectivity index (χ4v) is 1.87. The summed E-state index contributed by atoms with van der Waals surface area (Å²) in [6, 6.07) is 0. The van der Waals surface area contributed by atoms with E-state index in [2.05, 4.69) is 11.9 Å². The zero-order chi connectivity index (χ0) is 9.59. The minimum Gasteiger partial charge on any atom is -0.325 e. The Morgan fingerprint density at radius 2 is 2.15 bits per heavy atom. The lowest BCUT2D eigenvalue weighted by Crippen LogP contribution is -2.24. The summed E-state index contributed by atoms with van der Waals surface area (Å²) < 4.78 is 2.05. The Morgan fingerprint density at radius 3 is 2.85 bits per heavy atom. The van der Waals surface area contributed by atoms with E-state index in [9.17, 15) is 4.79 Å². The van der Waals surface area contributed by atoms with E-state index in [1.165, 1.54) is 0 Å². The zero-order valence-electron chi connectivity index (χ0n) is 8.29. The van der Waals surface area contributed by atoms with Crippen molar-refractivity contribution in [1.82, 2.24) is 9.55 Å². The lowest BCUT2D eigenvalue weighted by Gasteiger charge is -2.20. The van der Waals surface area contributed by atoms with Gasteiger partial charge in [0, 0.05) is 18.7 Å². The molecule has 13 heavy (non-hydrogen) atoms. The van der Waals surface area contributed by atoms with Crippen molar-refractivity contribution < 1.29 is 4.79 Å². The van der Waals surface area contributed by atoms with E-state index in [1.807, 2.05) is 18.4 Å². The maximum absolute atomic E-state index is 11.6. The van der Waals surface area contributed by atoms with Gasteiger partial charge in [0.1, 0.15) is 0 Å². The first kappa shape index (κ1) is 8.48. The molecule has 3 heteroatoms. The summed E-state index contributed by atoms with van der Waals surface area (Å²) in [6.07, 6.45) is 0.649. The van der Waals surface area contributed by atoms with E-state index >= 15 is 0 Å². The molecule has 2 rings (SSSR count). The van der Waals surface area contributed by atoms with E-state index in [0.29, 0.717) is 18.2 Å². The van der Waals surface area contributed by atoms with E-state index in [1.54, 1.807) is 0 Å². The molecule has 0 spiro atoms. The highest BCUT2D eigenvalue weighted by Gasteiger charge is 2.25. The number of aromatic nitrogens is 2. The maximum atomic E-state index is 11.6. The van der Waals surface area contributed by atoms with Crippen molar-refractivity contribution in [3.63, 3.8) is 0 Å². The highest BCUT2D eigenvalue weighted by atomic mass is 16.1. The van der Waals surface area contributed by atoms with Crippen molar-refractivity contribution in [3.05, 3.63) is 17.2 Å². The Hall–Kier alpha value is -1.12. The normalized spacial score (nSPS) is 21.8. The zero-order valence-corrected chi connectivity index (χ0v) is 8.29. The summed E-state index contributed by atoms with van der Waals surface area (Å²) in [5, 5.41) is 0. The molecule has 0 aromatic carbocycles. The van der Waals surface area contributed by atoms with Crippen LogP contribution in [0.4, 0.5) is 0 Å². The second kappa shape index (κ2) is 2.69. The molecule has 1 aromatic heterocycles. The summed E-state index contributed by atoms with van der Waals surface area (Å²) in [7, 11) is 0. The molecule has 0 N–H and O–H groups in total. The van der Waals surface area contributed by atoms with Crippen LogP contribution in [0.5, 0.6) is 0 Å². The molecule has 2 heterocycles. The van der Waals surface area contributed by atoms with Crippen LogP contribution in [0.25, 0.3) is 0 Å². The Labute approximate surface area is 77.8 Å². The van der Waals surface area contributed by atoms with Crippen molar-refractivity contribution >= 4 is 5.78 Å². The molecule has 0 saturated heterocycles. The van der Waals surface area contributed by atoms with Crippen molar-refractivity contribution in [1.29, 1.82) is 0 Å². The van der Waals surface area contributed by atoms with Crippen LogP contribution in [0, 0.1) is 19.8 Å². The van der Waals surface area contributed by atoms with Gasteiger partial charge in [0.05, 0.1) is 5.69 Å². The summed E-state index contributed by atoms with van der Waals surface area (Å²) in [6.45, 7) is 7.03. The lowest BCUT2D eigenvalue weighted by atomic mass is 10.0. The third-order valence-corrected chi connectivity index (χ3v) is 2.74. The molecule has 1 aliphatic heterocycles. The van der Waals surface area contributed by atoms with Crippen molar-refractivity contribution in [2.75, 3.05) is 0 Å². The molecule has 0 bridgehead atoms. The molecule has 0 amide bonds. The van der Waals surface area contributed by atoms with Crippen LogP contribution in [0.2, 0.25) is 0 Å². The third-order valence-electron chi connectivity index (χ3n) is 2.74. The fourth-order valence-electron chi connectivity index (χ4n) is 1.87. The van der Waals surface area contributed by atoms with Gasteiger partial charge in [-0.25, -0.2) is 4.98 Å². The van der Waals surface area contributed by atoms with Crippen LogP contribution in [-0.2, 0) is 6.54 Å². The molecule has 0 fully saturated rings. The van der Waals surface area contributed by atoms with Crippen molar-refractivity contribution in [3.8, 4) is 0 Å². The van der Waals surface area contributed by atoms with Crippen molar-refractivity contribution in [2.45, 2.75) is 33.7 Å². The summed E-state index contributed by atoms with van der Waals surface area (Å²) in [4.78, 5) is 15.9. The van der Waals surface area contributed by atoms with Gasteiger partial charge in [0.25, 0.3) is 0 Å². The first-order chi connectivity index (χ1) is 6.09. The number of carbonyl (C=O) groups excluding carboxylic acids is 1. The molecule has 1 atom stereocenters. The molecular formula is C10H14N2O. The number of ketones is 1. The number of aryl methyl sites for hydroxylation is 1. The monoisotopic (exact) mass is 178 g/mol. The topological polar surface area (TPSA) is 34.9 Å². The quantitative estimate of drug-likeness (QED) is 0.606. The molecular weight excluding hydrogens is 164 g/mol. The number of nitrogens with zero attached hydrogens (tertiary/aromatic N) is 2. The Kier molecular flexibility index (Phi) is 1.75. The Morgan fingerprint density at radius 1 is 1.46 bits per heavy atom. The largest absolute Gasteiger partial charge is 0.325 e. The van der Waals surface area contributed by atoms with Crippen LogP contribution < -0.4 is 0 Å². The summed E-state index contributed by atoms with van der Waals surface area (Å²) in [5.74, 6) is 1.30. The molecule has 1 aromatic rings. The van der Waals surface area contributed by atoms with Crippen LogP contribution >= 0.6 is 0 Å². The first-order valence-electron chi connectivity index (χ1n) is 4.66. The van der Waals surface area contributed by atoms with E-state index in [0.717, 1.165) is 17.9 Å². The molecule has 0 aliphatic carbocycles. The highest BCUT2D eigenvalue weighted by Crippen LogP contribution is 2.22. The predicted octanol–water partition coefficient (Wildman–Crippen LogP) is 1.72. The molecule has 0 saturated carbocycles. The molecule has 1 unspecified atom stereocenters. The number of hydrogen-bond acceptors (Lipinski definition) is 2. The van der Waals surface area contributed by atoms with Gasteiger partial charge in [-0.3, -0.25) is 4.79 Å². The van der Waals surface area contributed by atoms with E-state index < -0.39 is 0 Å². The Bertz CT molecular complexity index is 365. The van der Waals surface area contributed by atoms with Gasteiger partial charge >= 0.3 is 0 Å². The SMILES string of the molecule is Cc1nc2n(c1C)CC(C)CC2=O. The van der Waals surface area contributed by atoms with E-state index in [-0.39, 0.29) is 5.78 Å². The van der Waals surface area contributed by atoms with E-state index in [4.69, 9.17) is 0 Å². The van der Waals surface area contributed by atoms with Crippen LogP contribution in [0.3, 0.4) is 0 Å². The predicted molar refractivity (Wildman–Crippen MR) is 49.8 cm³/mol. The molecule has 70 valence electrons. The summed E-state index contributed by atoms with van der Waals surface area (Å²) >= 11 is 0. The molecule has 3 nitrogen and oxygen atoms in total. The van der Waals surface area contributed by atoms with Gasteiger partial charge < -0.3 is 4.57 Å². The summed E-state index contributed by atoms with van der Waals surface area (Å²) in [5.41, 5.74) is 2.12. The number of Topliss-reactive ketones (excluding diaryl/α,β-unsaturated/α-hetero) is 1. The second-order valence-corrected chi connectivity index (χ2v) is 3.95.